The van der Waals surface area contributed by atoms with Crippen molar-refractivity contribution in [2.24, 2.45) is 0 Å². The Balaban J connectivity index is 0. The second kappa shape index (κ2) is 6.29. The predicted octanol–water partition coefficient (Wildman–Crippen LogP) is 1.80. The molecule has 1 rings (SSSR count). The first-order chi connectivity index (χ1) is 4.30. The third-order valence-corrected chi connectivity index (χ3v) is 1.02. The van der Waals surface area contributed by atoms with Gasteiger partial charge in [-0.25, -0.2) is 4.79 Å². The monoisotopic (exact) mass is 209 g/mol. The van der Waals surface area contributed by atoms with Gasteiger partial charge in [-0.2, -0.15) is 0 Å². The Bertz CT molecular complexity index is 213. The summed E-state index contributed by atoms with van der Waals surface area (Å²) in [5, 5.41) is 8.38. The van der Waals surface area contributed by atoms with E-state index < -0.39 is 5.97 Å². The van der Waals surface area contributed by atoms with E-state index in [-0.39, 0.29) is 31.0 Å². The van der Waals surface area contributed by atoms with Crippen molar-refractivity contribution in [2.45, 2.75) is 0 Å². The number of aromatic carboxylic acids is 1. The van der Waals surface area contributed by atoms with Gasteiger partial charge in [-0.15, -0.1) is 12.4 Å². The standard InChI is InChI=1S/C7H6O2.ClH.V/c8-7(9)6-4-2-1-3-5-6;;/h1-5H,(H,8,9);1H;. The molecule has 0 amide bonds. The van der Waals surface area contributed by atoms with Gasteiger partial charge in [-0.1, -0.05) is 18.2 Å². The summed E-state index contributed by atoms with van der Waals surface area (Å²) >= 11 is 0. The van der Waals surface area contributed by atoms with Crippen molar-refractivity contribution >= 4 is 18.4 Å². The molecule has 59 valence electrons. The zero-order valence-electron chi connectivity index (χ0n) is 5.60. The van der Waals surface area contributed by atoms with Crippen molar-refractivity contribution in [1.29, 1.82) is 0 Å². The Morgan fingerprint density at radius 1 is 1.18 bits per heavy atom. The molecule has 1 aromatic carbocycles. The zero-order valence-corrected chi connectivity index (χ0v) is 7.81. The smallest absolute Gasteiger partial charge is 0.335 e. The number of carboxylic acid groups (broad SMARTS) is 1. The average Bonchev–Trinajstić information content (AvgIpc) is 1.90. The van der Waals surface area contributed by atoms with E-state index in [9.17, 15) is 4.79 Å². The first-order valence-corrected chi connectivity index (χ1v) is 2.59. The SMILES string of the molecule is Cl.O=C(O)c1ccccc1.[V]. The van der Waals surface area contributed by atoms with Crippen molar-refractivity contribution in [1.82, 2.24) is 0 Å². The molecule has 4 heteroatoms. The number of hydrogen-bond acceptors (Lipinski definition) is 1. The van der Waals surface area contributed by atoms with Crippen LogP contribution in [0.5, 0.6) is 0 Å². The Kier molecular flexibility index (Phi) is 7.53. The minimum absolute atomic E-state index is 0. The zero-order chi connectivity index (χ0) is 6.69. The minimum atomic E-state index is -0.879. The van der Waals surface area contributed by atoms with Crippen LogP contribution in [0.4, 0.5) is 0 Å². The minimum Gasteiger partial charge on any atom is -0.478 e. The summed E-state index contributed by atoms with van der Waals surface area (Å²) in [6, 6.07) is 8.30. The molecule has 1 N–H and O–H groups in total. The van der Waals surface area contributed by atoms with Gasteiger partial charge in [-0.3, -0.25) is 0 Å². The molecular formula is C7H7ClO2V. The molecule has 0 saturated heterocycles. The van der Waals surface area contributed by atoms with E-state index in [0.717, 1.165) is 0 Å². The van der Waals surface area contributed by atoms with Gasteiger partial charge in [0.05, 0.1) is 5.56 Å². The Morgan fingerprint density at radius 3 is 1.91 bits per heavy atom. The van der Waals surface area contributed by atoms with Crippen LogP contribution in [-0.2, 0) is 18.6 Å². The summed E-state index contributed by atoms with van der Waals surface area (Å²) in [6.07, 6.45) is 0. The van der Waals surface area contributed by atoms with Gasteiger partial charge >= 0.3 is 5.97 Å². The fraction of sp³-hybridized carbons (Fsp3) is 0. The van der Waals surface area contributed by atoms with E-state index >= 15 is 0 Å². The van der Waals surface area contributed by atoms with Crippen LogP contribution in [0.1, 0.15) is 10.4 Å². The van der Waals surface area contributed by atoms with Gasteiger partial charge in [-0.05, 0) is 12.1 Å². The van der Waals surface area contributed by atoms with Crippen molar-refractivity contribution in [3.05, 3.63) is 35.9 Å². The molecule has 0 aliphatic heterocycles. The largest absolute Gasteiger partial charge is 0.478 e. The van der Waals surface area contributed by atoms with E-state index in [1.165, 1.54) is 0 Å². The fourth-order valence-corrected chi connectivity index (χ4v) is 0.581. The maximum absolute atomic E-state index is 10.2. The molecule has 2 nitrogen and oxygen atoms in total. The Morgan fingerprint density at radius 2 is 1.64 bits per heavy atom. The molecule has 11 heavy (non-hydrogen) atoms. The molecule has 1 aromatic rings. The van der Waals surface area contributed by atoms with Gasteiger partial charge in [0.25, 0.3) is 0 Å². The number of halogens is 1. The van der Waals surface area contributed by atoms with E-state index in [1.54, 1.807) is 30.3 Å². The van der Waals surface area contributed by atoms with Crippen LogP contribution in [0.25, 0.3) is 0 Å². The molecule has 0 atom stereocenters. The summed E-state index contributed by atoms with van der Waals surface area (Å²) in [5.74, 6) is -0.879. The normalized spacial score (nSPS) is 7.27. The van der Waals surface area contributed by atoms with E-state index in [1.807, 2.05) is 0 Å². The predicted molar refractivity (Wildman–Crippen MR) is 40.6 cm³/mol. The molecule has 0 unspecified atom stereocenters. The second-order valence-electron chi connectivity index (χ2n) is 1.67. The summed E-state index contributed by atoms with van der Waals surface area (Å²) in [5.41, 5.74) is 0.331. The Labute approximate surface area is 82.9 Å². The van der Waals surface area contributed by atoms with Crippen molar-refractivity contribution in [2.75, 3.05) is 0 Å². The van der Waals surface area contributed by atoms with Crippen LogP contribution in [-0.4, -0.2) is 11.1 Å². The third-order valence-electron chi connectivity index (χ3n) is 1.02. The van der Waals surface area contributed by atoms with Gasteiger partial charge in [0.1, 0.15) is 0 Å². The molecule has 0 aliphatic carbocycles. The van der Waals surface area contributed by atoms with Gasteiger partial charge < -0.3 is 5.11 Å². The van der Waals surface area contributed by atoms with Gasteiger partial charge in [0.15, 0.2) is 0 Å². The average molecular weight is 210 g/mol. The summed E-state index contributed by atoms with van der Waals surface area (Å²) in [6.45, 7) is 0. The number of rotatable bonds is 1. The molecule has 0 aromatic heterocycles. The maximum Gasteiger partial charge on any atom is 0.335 e. The van der Waals surface area contributed by atoms with E-state index in [0.29, 0.717) is 5.56 Å². The third kappa shape index (κ3) is 4.09. The van der Waals surface area contributed by atoms with E-state index in [2.05, 4.69) is 0 Å². The first-order valence-electron chi connectivity index (χ1n) is 2.59. The number of carboxylic acids is 1. The van der Waals surface area contributed by atoms with E-state index in [4.69, 9.17) is 5.11 Å². The second-order valence-corrected chi connectivity index (χ2v) is 1.67. The molecular weight excluding hydrogens is 202 g/mol. The van der Waals surface area contributed by atoms with Crippen LogP contribution < -0.4 is 0 Å². The Hall–Kier alpha value is -0.436. The molecule has 0 saturated carbocycles. The van der Waals surface area contributed by atoms with Crippen molar-refractivity contribution in [3.63, 3.8) is 0 Å². The summed E-state index contributed by atoms with van der Waals surface area (Å²) in [7, 11) is 0. The number of carbonyl (C=O) groups is 1. The van der Waals surface area contributed by atoms with Crippen molar-refractivity contribution < 1.29 is 28.5 Å². The first kappa shape index (κ1) is 13.2. The quantitative estimate of drug-likeness (QED) is 0.766. The maximum atomic E-state index is 10.2. The molecule has 1 radical (unpaired) electrons. The fourth-order valence-electron chi connectivity index (χ4n) is 0.581. The molecule has 0 bridgehead atoms. The number of hydrogen-bond donors (Lipinski definition) is 1. The van der Waals surface area contributed by atoms with Crippen LogP contribution in [0.15, 0.2) is 30.3 Å². The molecule has 0 aliphatic rings. The van der Waals surface area contributed by atoms with Crippen LogP contribution in [0.2, 0.25) is 0 Å². The van der Waals surface area contributed by atoms with Crippen molar-refractivity contribution in [3.8, 4) is 0 Å². The van der Waals surface area contributed by atoms with Crippen LogP contribution >= 0.6 is 12.4 Å². The van der Waals surface area contributed by atoms with Crippen LogP contribution in [0, 0.1) is 0 Å². The molecule has 0 spiro atoms. The molecule has 0 heterocycles. The topological polar surface area (TPSA) is 37.3 Å². The molecule has 0 fully saturated rings. The van der Waals surface area contributed by atoms with Gasteiger partial charge in [0, 0.05) is 18.6 Å². The van der Waals surface area contributed by atoms with Crippen LogP contribution in [0.3, 0.4) is 0 Å². The number of benzene rings is 1. The summed E-state index contributed by atoms with van der Waals surface area (Å²) in [4.78, 5) is 10.2. The summed E-state index contributed by atoms with van der Waals surface area (Å²) < 4.78 is 0. The van der Waals surface area contributed by atoms with Gasteiger partial charge in [0.2, 0.25) is 0 Å².